The molecule has 138 valence electrons. The Morgan fingerprint density at radius 2 is 2.08 bits per heavy atom. The summed E-state index contributed by atoms with van der Waals surface area (Å²) in [7, 11) is 1.70. The summed E-state index contributed by atoms with van der Waals surface area (Å²) in [5.74, 6) is 0.666. The minimum absolute atomic E-state index is 0.104. The number of aryl methyl sites for hydroxylation is 1. The van der Waals surface area contributed by atoms with E-state index in [1.165, 1.54) is 0 Å². The number of aromatic hydroxyl groups is 1. The minimum Gasteiger partial charge on any atom is -0.508 e. The molecule has 0 unspecified atom stereocenters. The summed E-state index contributed by atoms with van der Waals surface area (Å²) in [4.78, 5) is 15.0. The predicted octanol–water partition coefficient (Wildman–Crippen LogP) is 2.46. The van der Waals surface area contributed by atoms with Gasteiger partial charge in [0, 0.05) is 32.8 Å². The van der Waals surface area contributed by atoms with Crippen LogP contribution in [0, 0.1) is 5.92 Å². The Morgan fingerprint density at radius 1 is 1.28 bits per heavy atom. The lowest BCUT2D eigenvalue weighted by Crippen LogP contribution is -2.43. The first-order chi connectivity index (χ1) is 12.2. The zero-order valence-corrected chi connectivity index (χ0v) is 15.2. The SMILES string of the molecule is COCCCc1cc(O)cc(CN(C(=O)[C@@H]2CCCNC2)C2CC2)c1. The number of rotatable bonds is 8. The molecule has 2 fully saturated rings. The Hall–Kier alpha value is -1.59. The molecule has 0 aromatic heterocycles. The Morgan fingerprint density at radius 3 is 2.76 bits per heavy atom. The number of phenolic OH excluding ortho intramolecular Hbond substituents is 1. The largest absolute Gasteiger partial charge is 0.508 e. The molecule has 1 heterocycles. The third-order valence-corrected chi connectivity index (χ3v) is 5.12. The number of hydrogen-bond acceptors (Lipinski definition) is 4. The summed E-state index contributed by atoms with van der Waals surface area (Å²) in [5.41, 5.74) is 2.13. The summed E-state index contributed by atoms with van der Waals surface area (Å²) < 4.78 is 5.11. The molecule has 1 atom stereocenters. The van der Waals surface area contributed by atoms with Gasteiger partial charge in [0.1, 0.15) is 5.75 Å². The van der Waals surface area contributed by atoms with Crippen molar-refractivity contribution < 1.29 is 14.6 Å². The van der Waals surface area contributed by atoms with Crippen LogP contribution in [0.25, 0.3) is 0 Å². The van der Waals surface area contributed by atoms with Gasteiger partial charge in [-0.25, -0.2) is 0 Å². The van der Waals surface area contributed by atoms with Gasteiger partial charge in [0.2, 0.25) is 5.91 Å². The van der Waals surface area contributed by atoms with E-state index in [1.807, 2.05) is 11.0 Å². The first-order valence-electron chi connectivity index (χ1n) is 9.49. The van der Waals surface area contributed by atoms with Crippen LogP contribution in [-0.2, 0) is 22.5 Å². The maximum Gasteiger partial charge on any atom is 0.227 e. The maximum absolute atomic E-state index is 13.0. The van der Waals surface area contributed by atoms with Crippen LogP contribution < -0.4 is 5.32 Å². The average Bonchev–Trinajstić information content (AvgIpc) is 3.45. The number of methoxy groups -OCH3 is 1. The van der Waals surface area contributed by atoms with E-state index in [9.17, 15) is 9.90 Å². The van der Waals surface area contributed by atoms with Gasteiger partial charge in [-0.3, -0.25) is 4.79 Å². The highest BCUT2D eigenvalue weighted by Gasteiger charge is 2.36. The highest BCUT2D eigenvalue weighted by Crippen LogP contribution is 2.31. The first kappa shape index (κ1) is 18.2. The van der Waals surface area contributed by atoms with Crippen molar-refractivity contribution in [2.24, 2.45) is 5.92 Å². The quantitative estimate of drug-likeness (QED) is 0.710. The number of hydrogen-bond donors (Lipinski definition) is 2. The number of benzene rings is 1. The number of nitrogens with zero attached hydrogens (tertiary/aromatic N) is 1. The van der Waals surface area contributed by atoms with Gasteiger partial charge in [0.15, 0.2) is 0 Å². The molecule has 5 heteroatoms. The van der Waals surface area contributed by atoms with E-state index < -0.39 is 0 Å². The summed E-state index contributed by atoms with van der Waals surface area (Å²) in [6.45, 7) is 3.13. The molecule has 1 aromatic rings. The number of nitrogens with one attached hydrogen (secondary N) is 1. The molecule has 0 radical (unpaired) electrons. The van der Waals surface area contributed by atoms with Gasteiger partial charge in [-0.05, 0) is 68.3 Å². The monoisotopic (exact) mass is 346 g/mol. The van der Waals surface area contributed by atoms with Crippen LogP contribution >= 0.6 is 0 Å². The lowest BCUT2D eigenvalue weighted by Gasteiger charge is -2.30. The standard InChI is InChI=1S/C20H30N2O3/c1-25-9-3-4-15-10-16(12-19(23)11-15)14-22(18-6-7-18)20(24)17-5-2-8-21-13-17/h10-12,17-18,21,23H,2-9,13-14H2,1H3/t17-/m1/s1. The molecule has 1 aliphatic heterocycles. The van der Waals surface area contributed by atoms with Gasteiger partial charge in [0.05, 0.1) is 5.92 Å². The summed E-state index contributed by atoms with van der Waals surface area (Å²) in [5, 5.41) is 13.4. The number of carbonyl (C=O) groups excluding carboxylic acids is 1. The molecule has 3 rings (SSSR count). The molecule has 5 nitrogen and oxygen atoms in total. The van der Waals surface area contributed by atoms with Crippen LogP contribution in [0.2, 0.25) is 0 Å². The van der Waals surface area contributed by atoms with Crippen LogP contribution in [0.5, 0.6) is 5.75 Å². The molecule has 1 aromatic carbocycles. The number of ether oxygens (including phenoxy) is 1. The number of amides is 1. The maximum atomic E-state index is 13.0. The zero-order valence-electron chi connectivity index (χ0n) is 15.2. The highest BCUT2D eigenvalue weighted by atomic mass is 16.5. The van der Waals surface area contributed by atoms with E-state index in [0.717, 1.165) is 62.7 Å². The van der Waals surface area contributed by atoms with E-state index >= 15 is 0 Å². The Bertz CT molecular complexity index is 580. The second-order valence-electron chi connectivity index (χ2n) is 7.34. The molecule has 1 saturated heterocycles. The number of phenols is 1. The summed E-state index contributed by atoms with van der Waals surface area (Å²) in [6.07, 6.45) is 6.07. The van der Waals surface area contributed by atoms with Crippen LogP contribution in [0.1, 0.15) is 43.2 Å². The summed E-state index contributed by atoms with van der Waals surface area (Å²) >= 11 is 0. The minimum atomic E-state index is 0.104. The van der Waals surface area contributed by atoms with Crippen molar-refractivity contribution in [2.45, 2.75) is 51.1 Å². The van der Waals surface area contributed by atoms with E-state index in [2.05, 4.69) is 11.4 Å². The van der Waals surface area contributed by atoms with Gasteiger partial charge >= 0.3 is 0 Å². The van der Waals surface area contributed by atoms with Gasteiger partial charge < -0.3 is 20.1 Å². The fourth-order valence-electron chi connectivity index (χ4n) is 3.67. The van der Waals surface area contributed by atoms with Gasteiger partial charge in [-0.15, -0.1) is 0 Å². The zero-order chi connectivity index (χ0) is 17.6. The Kier molecular flexibility index (Phi) is 6.32. The van der Waals surface area contributed by atoms with E-state index in [1.54, 1.807) is 13.2 Å². The van der Waals surface area contributed by atoms with Crippen molar-refractivity contribution in [1.82, 2.24) is 10.2 Å². The number of carbonyl (C=O) groups is 1. The van der Waals surface area contributed by atoms with Crippen LogP contribution in [-0.4, -0.2) is 48.8 Å². The molecule has 2 N–H and O–H groups in total. The van der Waals surface area contributed by atoms with Crippen molar-refractivity contribution in [3.05, 3.63) is 29.3 Å². The van der Waals surface area contributed by atoms with E-state index in [0.29, 0.717) is 19.2 Å². The van der Waals surface area contributed by atoms with Crippen LogP contribution in [0.3, 0.4) is 0 Å². The topological polar surface area (TPSA) is 61.8 Å². The molecule has 1 saturated carbocycles. The van der Waals surface area contributed by atoms with Crippen molar-refractivity contribution >= 4 is 5.91 Å². The third-order valence-electron chi connectivity index (χ3n) is 5.12. The summed E-state index contributed by atoms with van der Waals surface area (Å²) in [6, 6.07) is 6.11. The Labute approximate surface area is 150 Å². The molecule has 0 bridgehead atoms. The lowest BCUT2D eigenvalue weighted by atomic mass is 9.97. The van der Waals surface area contributed by atoms with Crippen LogP contribution in [0.15, 0.2) is 18.2 Å². The molecular formula is C20H30N2O3. The van der Waals surface area contributed by atoms with Gasteiger partial charge in [0.25, 0.3) is 0 Å². The second kappa shape index (κ2) is 8.68. The smallest absolute Gasteiger partial charge is 0.227 e. The molecule has 0 spiro atoms. The highest BCUT2D eigenvalue weighted by molar-refractivity contribution is 5.80. The normalized spacial score (nSPS) is 20.4. The third kappa shape index (κ3) is 5.19. The lowest BCUT2D eigenvalue weighted by molar-refractivity contribution is -0.137. The molecule has 1 aliphatic carbocycles. The van der Waals surface area contributed by atoms with E-state index in [4.69, 9.17) is 4.74 Å². The van der Waals surface area contributed by atoms with Crippen LogP contribution in [0.4, 0.5) is 0 Å². The molecule has 25 heavy (non-hydrogen) atoms. The fourth-order valence-corrected chi connectivity index (χ4v) is 3.67. The molecule has 2 aliphatic rings. The van der Waals surface area contributed by atoms with Crippen molar-refractivity contribution in [1.29, 1.82) is 0 Å². The average molecular weight is 346 g/mol. The molecular weight excluding hydrogens is 316 g/mol. The van der Waals surface area contributed by atoms with Crippen molar-refractivity contribution in [3.8, 4) is 5.75 Å². The second-order valence-corrected chi connectivity index (χ2v) is 7.34. The number of piperidine rings is 1. The molecule has 1 amide bonds. The van der Waals surface area contributed by atoms with E-state index in [-0.39, 0.29) is 17.6 Å². The predicted molar refractivity (Wildman–Crippen MR) is 97.5 cm³/mol. The van der Waals surface area contributed by atoms with Gasteiger partial charge in [-0.1, -0.05) is 6.07 Å². The fraction of sp³-hybridized carbons (Fsp3) is 0.650. The van der Waals surface area contributed by atoms with Gasteiger partial charge in [-0.2, -0.15) is 0 Å². The van der Waals surface area contributed by atoms with Crippen molar-refractivity contribution in [2.75, 3.05) is 26.8 Å². The Balaban J connectivity index is 1.68. The first-order valence-corrected chi connectivity index (χ1v) is 9.49. The van der Waals surface area contributed by atoms with Crippen molar-refractivity contribution in [3.63, 3.8) is 0 Å².